The van der Waals surface area contributed by atoms with Gasteiger partial charge in [0.2, 0.25) is 10.0 Å². The lowest BCUT2D eigenvalue weighted by atomic mass is 9.88. The standard InChI is InChI=1S/C21H22F4N2O4S/c22-14-3-1-13(2-4-14)19-11-15(31-21(23,24)25)7-9-27(19)18-8-10-30-20-12-16(32(26,28)29)5-6-17(18)20/h1-6,12,15,18-19H,7-11H2,(H2,26,28,29)/t15-,18+,19+/m1/s1. The first kappa shape index (κ1) is 23.0. The molecular formula is C21H22F4N2O4S. The van der Waals surface area contributed by atoms with Crippen LogP contribution in [0.15, 0.2) is 47.4 Å². The molecule has 2 heterocycles. The number of primary sulfonamides is 1. The van der Waals surface area contributed by atoms with E-state index in [1.807, 2.05) is 0 Å². The van der Waals surface area contributed by atoms with Crippen LogP contribution in [0.1, 0.15) is 42.5 Å². The topological polar surface area (TPSA) is 81.9 Å². The monoisotopic (exact) mass is 474 g/mol. The van der Waals surface area contributed by atoms with E-state index in [9.17, 15) is 26.0 Å². The molecular weight excluding hydrogens is 452 g/mol. The highest BCUT2D eigenvalue weighted by Gasteiger charge is 2.41. The predicted molar refractivity (Wildman–Crippen MR) is 107 cm³/mol. The van der Waals surface area contributed by atoms with E-state index in [0.29, 0.717) is 30.9 Å². The van der Waals surface area contributed by atoms with Gasteiger partial charge >= 0.3 is 6.36 Å². The van der Waals surface area contributed by atoms with Gasteiger partial charge in [0.25, 0.3) is 0 Å². The second-order valence-corrected chi connectivity index (χ2v) is 9.47. The van der Waals surface area contributed by atoms with Crippen molar-refractivity contribution in [3.8, 4) is 5.75 Å². The zero-order valence-electron chi connectivity index (χ0n) is 16.9. The van der Waals surface area contributed by atoms with Crippen LogP contribution in [0.2, 0.25) is 0 Å². The summed E-state index contributed by atoms with van der Waals surface area (Å²) < 4.78 is 85.4. The van der Waals surface area contributed by atoms with Gasteiger partial charge in [0, 0.05) is 36.7 Å². The maximum atomic E-state index is 13.5. The molecule has 0 amide bonds. The molecule has 174 valence electrons. The summed E-state index contributed by atoms with van der Waals surface area (Å²) >= 11 is 0. The van der Waals surface area contributed by atoms with Crippen molar-refractivity contribution in [1.82, 2.24) is 4.90 Å². The summed E-state index contributed by atoms with van der Waals surface area (Å²) in [5.74, 6) is -0.0644. The number of halogens is 4. The second-order valence-electron chi connectivity index (χ2n) is 7.91. The Balaban J connectivity index is 1.68. The molecule has 2 aromatic rings. The van der Waals surface area contributed by atoms with Crippen LogP contribution < -0.4 is 9.88 Å². The zero-order valence-corrected chi connectivity index (χ0v) is 17.7. The summed E-state index contributed by atoms with van der Waals surface area (Å²) in [6, 6.07) is 9.38. The third-order valence-electron chi connectivity index (χ3n) is 5.87. The van der Waals surface area contributed by atoms with Crippen molar-refractivity contribution in [3.63, 3.8) is 0 Å². The molecule has 4 rings (SSSR count). The van der Waals surface area contributed by atoms with Gasteiger partial charge < -0.3 is 4.74 Å². The van der Waals surface area contributed by atoms with Gasteiger partial charge in [-0.2, -0.15) is 0 Å². The van der Waals surface area contributed by atoms with Crippen molar-refractivity contribution >= 4 is 10.0 Å². The molecule has 0 unspecified atom stereocenters. The lowest BCUT2D eigenvalue weighted by molar-refractivity contribution is -0.347. The van der Waals surface area contributed by atoms with Crippen LogP contribution in [-0.4, -0.2) is 38.9 Å². The summed E-state index contributed by atoms with van der Waals surface area (Å²) in [5.41, 5.74) is 1.40. The Labute approximate surface area is 183 Å². The fourth-order valence-corrected chi connectivity index (χ4v) is 5.03. The van der Waals surface area contributed by atoms with Crippen LogP contribution in [0, 0.1) is 5.82 Å². The normalized spacial score (nSPS) is 24.6. The average molecular weight is 474 g/mol. The summed E-state index contributed by atoms with van der Waals surface area (Å²) in [5, 5.41) is 5.21. The van der Waals surface area contributed by atoms with E-state index in [1.54, 1.807) is 18.2 Å². The van der Waals surface area contributed by atoms with Crippen molar-refractivity contribution in [1.29, 1.82) is 0 Å². The Morgan fingerprint density at radius 1 is 1.06 bits per heavy atom. The summed E-state index contributed by atoms with van der Waals surface area (Å²) in [7, 11) is -3.91. The first-order valence-corrected chi connectivity index (χ1v) is 11.6. The molecule has 2 aliphatic heterocycles. The van der Waals surface area contributed by atoms with Gasteiger partial charge in [-0.15, -0.1) is 13.2 Å². The number of rotatable bonds is 4. The predicted octanol–water partition coefficient (Wildman–Crippen LogP) is 4.04. The van der Waals surface area contributed by atoms with Crippen LogP contribution in [-0.2, 0) is 14.8 Å². The minimum atomic E-state index is -4.74. The molecule has 0 spiro atoms. The fraction of sp³-hybridized carbons (Fsp3) is 0.429. The molecule has 1 saturated heterocycles. The molecule has 1 fully saturated rings. The van der Waals surface area contributed by atoms with E-state index in [0.717, 1.165) is 5.56 Å². The minimum absolute atomic E-state index is 0.0765. The Hall–Kier alpha value is -2.21. The third-order valence-corrected chi connectivity index (χ3v) is 6.78. The fourth-order valence-electron chi connectivity index (χ4n) is 4.51. The van der Waals surface area contributed by atoms with Gasteiger partial charge in [0.05, 0.1) is 17.6 Å². The van der Waals surface area contributed by atoms with Crippen LogP contribution in [0.3, 0.4) is 0 Å². The van der Waals surface area contributed by atoms with Crippen molar-refractivity contribution in [2.24, 2.45) is 5.14 Å². The van der Waals surface area contributed by atoms with Crippen LogP contribution in [0.25, 0.3) is 0 Å². The third kappa shape index (κ3) is 5.06. The van der Waals surface area contributed by atoms with E-state index in [-0.39, 0.29) is 23.8 Å². The Morgan fingerprint density at radius 3 is 2.44 bits per heavy atom. The van der Waals surface area contributed by atoms with E-state index in [1.165, 1.54) is 24.3 Å². The van der Waals surface area contributed by atoms with E-state index < -0.39 is 34.3 Å². The summed E-state index contributed by atoms with van der Waals surface area (Å²) in [6.45, 7) is 0.616. The summed E-state index contributed by atoms with van der Waals surface area (Å²) in [4.78, 5) is 1.98. The lowest BCUT2D eigenvalue weighted by Gasteiger charge is -2.45. The Kier molecular flexibility index (Phi) is 6.19. The largest absolute Gasteiger partial charge is 0.522 e. The smallest absolute Gasteiger partial charge is 0.493 e. The van der Waals surface area contributed by atoms with Gasteiger partial charge in [-0.1, -0.05) is 18.2 Å². The number of piperidine rings is 1. The molecule has 0 aliphatic carbocycles. The number of ether oxygens (including phenoxy) is 2. The number of likely N-dealkylation sites (tertiary alicyclic amines) is 1. The van der Waals surface area contributed by atoms with Gasteiger partial charge in [-0.25, -0.2) is 17.9 Å². The number of hydrogen-bond donors (Lipinski definition) is 1. The van der Waals surface area contributed by atoms with Gasteiger partial charge in [-0.05, 0) is 36.6 Å². The maximum absolute atomic E-state index is 13.5. The van der Waals surface area contributed by atoms with Gasteiger partial charge in [0.15, 0.2) is 0 Å². The second kappa shape index (κ2) is 8.62. The van der Waals surface area contributed by atoms with Crippen molar-refractivity contribution < 1.29 is 35.5 Å². The number of nitrogens with zero attached hydrogens (tertiary/aromatic N) is 1. The number of alkyl halides is 3. The van der Waals surface area contributed by atoms with Crippen LogP contribution in [0.4, 0.5) is 17.6 Å². The van der Waals surface area contributed by atoms with E-state index in [4.69, 9.17) is 9.88 Å². The van der Waals surface area contributed by atoms with Crippen molar-refractivity contribution in [3.05, 3.63) is 59.4 Å². The highest BCUT2D eigenvalue weighted by atomic mass is 32.2. The average Bonchev–Trinajstić information content (AvgIpc) is 2.72. The highest BCUT2D eigenvalue weighted by Crippen LogP contribution is 2.45. The number of nitrogens with two attached hydrogens (primary N) is 1. The molecule has 2 aromatic carbocycles. The molecule has 3 atom stereocenters. The Bertz CT molecular complexity index is 1080. The SMILES string of the molecule is NS(=O)(=O)c1ccc2c(c1)OCC[C@@H]2N1CC[C@@H](OC(F)(F)F)C[C@H]1c1ccc(F)cc1. The maximum Gasteiger partial charge on any atom is 0.522 e. The van der Waals surface area contributed by atoms with Gasteiger partial charge in [0.1, 0.15) is 11.6 Å². The first-order valence-electron chi connectivity index (χ1n) is 10.1. The molecule has 0 saturated carbocycles. The molecule has 0 aromatic heterocycles. The zero-order chi connectivity index (χ0) is 23.1. The van der Waals surface area contributed by atoms with Crippen LogP contribution in [0.5, 0.6) is 5.75 Å². The van der Waals surface area contributed by atoms with Gasteiger partial charge in [-0.3, -0.25) is 9.64 Å². The van der Waals surface area contributed by atoms with E-state index in [2.05, 4.69) is 9.64 Å². The van der Waals surface area contributed by atoms with E-state index >= 15 is 0 Å². The molecule has 2 aliphatic rings. The number of sulfonamides is 1. The molecule has 0 bridgehead atoms. The first-order chi connectivity index (χ1) is 15.0. The van der Waals surface area contributed by atoms with Crippen molar-refractivity contribution in [2.45, 2.75) is 48.7 Å². The lowest BCUT2D eigenvalue weighted by Crippen LogP contribution is -2.44. The van der Waals surface area contributed by atoms with Crippen LogP contribution >= 0.6 is 0 Å². The highest BCUT2D eigenvalue weighted by molar-refractivity contribution is 7.89. The molecule has 32 heavy (non-hydrogen) atoms. The quantitative estimate of drug-likeness (QED) is 0.677. The number of fused-ring (bicyclic) bond motifs is 1. The molecule has 2 N–H and O–H groups in total. The number of benzene rings is 2. The molecule has 6 nitrogen and oxygen atoms in total. The molecule has 11 heteroatoms. The Morgan fingerprint density at radius 2 is 1.78 bits per heavy atom. The minimum Gasteiger partial charge on any atom is -0.493 e. The molecule has 0 radical (unpaired) electrons. The van der Waals surface area contributed by atoms with Crippen molar-refractivity contribution in [2.75, 3.05) is 13.2 Å². The number of hydrogen-bond acceptors (Lipinski definition) is 5. The summed E-state index contributed by atoms with van der Waals surface area (Å²) in [6.07, 6.45) is -4.96.